The zero-order valence-electron chi connectivity index (χ0n) is 16.9. The van der Waals surface area contributed by atoms with Crippen LogP contribution in [0.1, 0.15) is 52.0 Å². The Morgan fingerprint density at radius 2 is 1.86 bits per heavy atom. The Morgan fingerprint density at radius 3 is 2.48 bits per heavy atom. The van der Waals surface area contributed by atoms with Gasteiger partial charge in [-0.05, 0) is 58.1 Å². The lowest BCUT2D eigenvalue weighted by atomic mass is 10.1. The van der Waals surface area contributed by atoms with Crippen molar-refractivity contribution < 1.29 is 9.18 Å². The Bertz CT molecular complexity index is 1060. The van der Waals surface area contributed by atoms with Crippen molar-refractivity contribution in [1.29, 1.82) is 0 Å². The first-order valence-electron chi connectivity index (χ1n) is 10.4. The van der Waals surface area contributed by atoms with E-state index in [9.17, 15) is 18.8 Å². The molecule has 2 fully saturated rings. The van der Waals surface area contributed by atoms with E-state index in [1.165, 1.54) is 15.2 Å². The standard InChI is InChI=1S/C21H27FN4O3/c1-13(2)23-19(27)12-25-17-11-18(24-8-4-3-5-9-24)16(22)10-15(17)20(28)26(21(25)29)14-6-7-14/h10-11,13-14H,3-9,12H2,1-2H3,(H,23,27). The van der Waals surface area contributed by atoms with E-state index in [1.54, 1.807) is 6.07 Å². The number of piperidine rings is 1. The third-order valence-corrected chi connectivity index (χ3v) is 5.60. The minimum Gasteiger partial charge on any atom is -0.369 e. The molecule has 1 aliphatic carbocycles. The van der Waals surface area contributed by atoms with Gasteiger partial charge >= 0.3 is 5.69 Å². The second-order valence-corrected chi connectivity index (χ2v) is 8.37. The Morgan fingerprint density at radius 1 is 1.17 bits per heavy atom. The summed E-state index contributed by atoms with van der Waals surface area (Å²) in [7, 11) is 0. The molecular formula is C21H27FN4O3. The van der Waals surface area contributed by atoms with Crippen molar-refractivity contribution in [1.82, 2.24) is 14.5 Å². The summed E-state index contributed by atoms with van der Waals surface area (Å²) in [5, 5.41) is 2.93. The molecule has 0 radical (unpaired) electrons. The van der Waals surface area contributed by atoms with Gasteiger partial charge in [-0.15, -0.1) is 0 Å². The fraction of sp³-hybridized carbons (Fsp3) is 0.571. The zero-order chi connectivity index (χ0) is 20.7. The van der Waals surface area contributed by atoms with Gasteiger partial charge in [0, 0.05) is 25.2 Å². The van der Waals surface area contributed by atoms with Crippen LogP contribution in [0.3, 0.4) is 0 Å². The van der Waals surface area contributed by atoms with E-state index < -0.39 is 17.1 Å². The van der Waals surface area contributed by atoms with Gasteiger partial charge in [0.15, 0.2) is 0 Å². The van der Waals surface area contributed by atoms with Gasteiger partial charge in [-0.3, -0.25) is 18.7 Å². The van der Waals surface area contributed by atoms with Gasteiger partial charge < -0.3 is 10.2 Å². The van der Waals surface area contributed by atoms with Crippen LogP contribution in [0.4, 0.5) is 10.1 Å². The number of rotatable bonds is 5. The summed E-state index contributed by atoms with van der Waals surface area (Å²) in [6.45, 7) is 4.95. The largest absolute Gasteiger partial charge is 0.369 e. The number of aromatic nitrogens is 2. The van der Waals surface area contributed by atoms with Gasteiger partial charge in [0.2, 0.25) is 5.91 Å². The average molecular weight is 402 g/mol. The highest BCUT2D eigenvalue weighted by Crippen LogP contribution is 2.33. The Balaban J connectivity index is 1.90. The third-order valence-electron chi connectivity index (χ3n) is 5.60. The lowest BCUT2D eigenvalue weighted by Crippen LogP contribution is -2.43. The molecule has 8 heteroatoms. The van der Waals surface area contributed by atoms with Gasteiger partial charge in [-0.1, -0.05) is 0 Å². The van der Waals surface area contributed by atoms with Crippen molar-refractivity contribution in [3.05, 3.63) is 38.8 Å². The van der Waals surface area contributed by atoms with Gasteiger partial charge in [0.25, 0.3) is 5.56 Å². The lowest BCUT2D eigenvalue weighted by Gasteiger charge is -2.29. The van der Waals surface area contributed by atoms with Crippen molar-refractivity contribution in [2.75, 3.05) is 18.0 Å². The molecule has 0 unspecified atom stereocenters. The van der Waals surface area contributed by atoms with Gasteiger partial charge in [-0.2, -0.15) is 0 Å². The van der Waals surface area contributed by atoms with E-state index >= 15 is 0 Å². The molecule has 1 aliphatic heterocycles. The molecule has 1 aromatic carbocycles. The molecule has 156 valence electrons. The van der Waals surface area contributed by atoms with Crippen LogP contribution in [0.5, 0.6) is 0 Å². The Hall–Kier alpha value is -2.64. The molecule has 29 heavy (non-hydrogen) atoms. The summed E-state index contributed by atoms with van der Waals surface area (Å²) in [4.78, 5) is 40.4. The summed E-state index contributed by atoms with van der Waals surface area (Å²) in [6, 6.07) is 2.57. The number of halogens is 1. The summed E-state index contributed by atoms with van der Waals surface area (Å²) in [5.74, 6) is -0.774. The van der Waals surface area contributed by atoms with Gasteiger partial charge in [0.1, 0.15) is 12.4 Å². The number of nitrogens with zero attached hydrogens (tertiary/aromatic N) is 3. The minimum absolute atomic E-state index is 0.0693. The van der Waals surface area contributed by atoms with Crippen LogP contribution in [0.15, 0.2) is 21.7 Å². The van der Waals surface area contributed by atoms with Crippen molar-refractivity contribution >= 4 is 22.5 Å². The molecular weight excluding hydrogens is 375 g/mol. The number of benzene rings is 1. The number of fused-ring (bicyclic) bond motifs is 1. The predicted molar refractivity (Wildman–Crippen MR) is 110 cm³/mol. The van der Waals surface area contributed by atoms with E-state index in [-0.39, 0.29) is 29.9 Å². The number of nitrogens with one attached hydrogen (secondary N) is 1. The van der Waals surface area contributed by atoms with E-state index in [0.717, 1.165) is 45.2 Å². The molecule has 0 bridgehead atoms. The molecule has 2 aliphatic rings. The number of hydrogen-bond donors (Lipinski definition) is 1. The fourth-order valence-electron chi connectivity index (χ4n) is 4.09. The Kier molecular flexibility index (Phi) is 5.19. The lowest BCUT2D eigenvalue weighted by molar-refractivity contribution is -0.122. The first-order chi connectivity index (χ1) is 13.9. The highest BCUT2D eigenvalue weighted by molar-refractivity contribution is 5.85. The van der Waals surface area contributed by atoms with Crippen LogP contribution >= 0.6 is 0 Å². The van der Waals surface area contributed by atoms with Gasteiger partial charge in [0.05, 0.1) is 16.6 Å². The predicted octanol–water partition coefficient (Wildman–Crippen LogP) is 2.15. The van der Waals surface area contributed by atoms with E-state index in [1.807, 2.05) is 18.7 Å². The van der Waals surface area contributed by atoms with Crippen LogP contribution in [-0.2, 0) is 11.3 Å². The molecule has 0 spiro atoms. The minimum atomic E-state index is -0.500. The fourth-order valence-corrected chi connectivity index (χ4v) is 4.09. The first kappa shape index (κ1) is 19.7. The number of anilines is 1. The zero-order valence-corrected chi connectivity index (χ0v) is 16.9. The molecule has 1 N–H and O–H groups in total. The highest BCUT2D eigenvalue weighted by Gasteiger charge is 2.30. The molecule has 2 heterocycles. The average Bonchev–Trinajstić information content (AvgIpc) is 3.50. The first-order valence-corrected chi connectivity index (χ1v) is 10.4. The van der Waals surface area contributed by atoms with Crippen LogP contribution in [0.2, 0.25) is 0 Å². The second kappa shape index (κ2) is 7.65. The van der Waals surface area contributed by atoms with Crippen LogP contribution in [-0.4, -0.2) is 34.2 Å². The van der Waals surface area contributed by atoms with E-state index in [4.69, 9.17) is 0 Å². The molecule has 0 atom stereocenters. The number of hydrogen-bond acceptors (Lipinski definition) is 4. The quantitative estimate of drug-likeness (QED) is 0.832. The maximum atomic E-state index is 14.9. The molecule has 1 saturated carbocycles. The summed E-state index contributed by atoms with van der Waals surface area (Å²) in [6.07, 6.45) is 4.55. The molecule has 4 rings (SSSR count). The van der Waals surface area contributed by atoms with Crippen LogP contribution < -0.4 is 21.5 Å². The topological polar surface area (TPSA) is 76.3 Å². The number of carbonyl (C=O) groups excluding carboxylic acids is 1. The SMILES string of the molecule is CC(C)NC(=O)Cn1c(=O)n(C2CC2)c(=O)c2cc(F)c(N3CCCCC3)cc21. The molecule has 1 amide bonds. The smallest absolute Gasteiger partial charge is 0.332 e. The molecule has 1 saturated heterocycles. The van der Waals surface area contributed by atoms with Crippen molar-refractivity contribution in [2.45, 2.75) is 64.6 Å². The maximum Gasteiger partial charge on any atom is 0.332 e. The van der Waals surface area contributed by atoms with Crippen molar-refractivity contribution in [3.8, 4) is 0 Å². The number of amides is 1. The summed E-state index contributed by atoms with van der Waals surface area (Å²) >= 11 is 0. The maximum absolute atomic E-state index is 14.9. The monoisotopic (exact) mass is 402 g/mol. The van der Waals surface area contributed by atoms with Gasteiger partial charge in [-0.25, -0.2) is 9.18 Å². The van der Waals surface area contributed by atoms with Crippen LogP contribution in [0.25, 0.3) is 10.9 Å². The summed E-state index contributed by atoms with van der Waals surface area (Å²) in [5.41, 5.74) is -0.270. The van der Waals surface area contributed by atoms with Crippen LogP contribution in [0, 0.1) is 5.82 Å². The van der Waals surface area contributed by atoms with E-state index in [2.05, 4.69) is 5.32 Å². The number of carbonyl (C=O) groups is 1. The Labute approximate surface area is 168 Å². The molecule has 7 nitrogen and oxygen atoms in total. The van der Waals surface area contributed by atoms with Crippen molar-refractivity contribution in [2.24, 2.45) is 0 Å². The molecule has 1 aromatic heterocycles. The third kappa shape index (κ3) is 3.80. The highest BCUT2D eigenvalue weighted by atomic mass is 19.1. The van der Waals surface area contributed by atoms with E-state index in [0.29, 0.717) is 11.2 Å². The molecule has 2 aromatic rings. The van der Waals surface area contributed by atoms with Crippen molar-refractivity contribution in [3.63, 3.8) is 0 Å². The normalized spacial score (nSPS) is 17.2. The summed E-state index contributed by atoms with van der Waals surface area (Å²) < 4.78 is 17.4. The second-order valence-electron chi connectivity index (χ2n) is 8.37.